The van der Waals surface area contributed by atoms with Crippen LogP contribution in [0.5, 0.6) is 5.75 Å². The monoisotopic (exact) mass is 315 g/mol. The largest absolute Gasteiger partial charge is 0.492 e. The van der Waals surface area contributed by atoms with Gasteiger partial charge >= 0.3 is 0 Å². The van der Waals surface area contributed by atoms with Crippen LogP contribution in [-0.4, -0.2) is 15.0 Å². The maximum atomic E-state index is 11.2. The van der Waals surface area contributed by atoms with Gasteiger partial charge in [-0.05, 0) is 55.2 Å². The van der Waals surface area contributed by atoms with Crippen LogP contribution < -0.4 is 9.88 Å². The summed E-state index contributed by atoms with van der Waals surface area (Å²) in [5, 5.41) is 5.35. The van der Waals surface area contributed by atoms with Crippen LogP contribution in [-0.2, 0) is 10.0 Å². The molecule has 0 aliphatic heterocycles. The number of hydrogen-bond acceptors (Lipinski definition) is 3. The molecular formula is C14H18ClNO3S. The number of hydrogen-bond donors (Lipinski definition) is 1. The van der Waals surface area contributed by atoms with Crippen LogP contribution in [0.2, 0.25) is 5.02 Å². The molecule has 110 valence electrons. The molecule has 2 fully saturated rings. The Hall–Kier alpha value is -0.780. The van der Waals surface area contributed by atoms with Crippen molar-refractivity contribution in [1.29, 1.82) is 0 Å². The minimum absolute atomic E-state index is 0.00905. The van der Waals surface area contributed by atoms with Crippen molar-refractivity contribution in [3.63, 3.8) is 0 Å². The standard InChI is InChI=1S/C14H18ClNO3S/c15-13-7-12(20(16,17)18)3-4-14(13)19-8-11-6-9-1-2-10(11)5-9/h3-4,7,9-11H,1-2,5-6,8H2,(H2,16,17,18). The molecule has 0 radical (unpaired) electrons. The Morgan fingerprint density at radius 1 is 1.30 bits per heavy atom. The van der Waals surface area contributed by atoms with Gasteiger partial charge < -0.3 is 4.74 Å². The van der Waals surface area contributed by atoms with Crippen LogP contribution in [0.15, 0.2) is 23.1 Å². The summed E-state index contributed by atoms with van der Waals surface area (Å²) < 4.78 is 28.2. The highest BCUT2D eigenvalue weighted by molar-refractivity contribution is 7.89. The SMILES string of the molecule is NS(=O)(=O)c1ccc(OCC2CC3CCC2C3)c(Cl)c1. The maximum Gasteiger partial charge on any atom is 0.238 e. The van der Waals surface area contributed by atoms with Crippen LogP contribution in [0.1, 0.15) is 25.7 Å². The average Bonchev–Trinajstić information content (AvgIpc) is 2.98. The van der Waals surface area contributed by atoms with E-state index in [9.17, 15) is 8.42 Å². The molecule has 2 N–H and O–H groups in total. The van der Waals surface area contributed by atoms with E-state index in [2.05, 4.69) is 0 Å². The number of ether oxygens (including phenoxy) is 1. The second-order valence-corrected chi connectivity index (χ2v) is 7.85. The first-order chi connectivity index (χ1) is 9.43. The van der Waals surface area contributed by atoms with Crippen LogP contribution in [0.4, 0.5) is 0 Å². The minimum Gasteiger partial charge on any atom is -0.492 e. The molecule has 0 spiro atoms. The lowest BCUT2D eigenvalue weighted by molar-refractivity contribution is 0.195. The molecule has 0 saturated heterocycles. The van der Waals surface area contributed by atoms with Crippen molar-refractivity contribution in [3.05, 3.63) is 23.2 Å². The van der Waals surface area contributed by atoms with E-state index in [1.54, 1.807) is 6.07 Å². The Morgan fingerprint density at radius 3 is 2.65 bits per heavy atom. The number of fused-ring (bicyclic) bond motifs is 2. The molecule has 20 heavy (non-hydrogen) atoms. The first-order valence-electron chi connectivity index (χ1n) is 6.88. The van der Waals surface area contributed by atoms with Crippen LogP contribution >= 0.6 is 11.6 Å². The maximum absolute atomic E-state index is 11.2. The second-order valence-electron chi connectivity index (χ2n) is 5.88. The Balaban J connectivity index is 1.66. The lowest BCUT2D eigenvalue weighted by Crippen LogP contribution is -2.18. The first-order valence-corrected chi connectivity index (χ1v) is 8.81. The average molecular weight is 316 g/mol. The molecule has 4 nitrogen and oxygen atoms in total. The summed E-state index contributed by atoms with van der Waals surface area (Å²) in [4.78, 5) is 0.00905. The third kappa shape index (κ3) is 2.80. The fourth-order valence-corrected chi connectivity index (χ4v) is 4.39. The topological polar surface area (TPSA) is 69.4 Å². The van der Waals surface area contributed by atoms with Crippen molar-refractivity contribution in [2.24, 2.45) is 22.9 Å². The molecule has 3 unspecified atom stereocenters. The van der Waals surface area contributed by atoms with Crippen molar-refractivity contribution >= 4 is 21.6 Å². The number of sulfonamides is 1. The quantitative estimate of drug-likeness (QED) is 0.928. The lowest BCUT2D eigenvalue weighted by Gasteiger charge is -2.22. The molecule has 0 heterocycles. The molecule has 0 aromatic heterocycles. The molecule has 0 amide bonds. The zero-order chi connectivity index (χ0) is 14.3. The predicted molar refractivity (Wildman–Crippen MR) is 77.3 cm³/mol. The van der Waals surface area contributed by atoms with Gasteiger partial charge in [0, 0.05) is 0 Å². The summed E-state index contributed by atoms with van der Waals surface area (Å²) in [6, 6.07) is 4.35. The van der Waals surface area contributed by atoms with E-state index in [0.717, 1.165) is 11.8 Å². The third-order valence-electron chi connectivity index (χ3n) is 4.57. The van der Waals surface area contributed by atoms with Gasteiger partial charge in [-0.3, -0.25) is 0 Å². The molecule has 1 aromatic rings. The van der Waals surface area contributed by atoms with Crippen molar-refractivity contribution < 1.29 is 13.2 Å². The summed E-state index contributed by atoms with van der Waals surface area (Å²) in [5.74, 6) is 2.82. The fourth-order valence-electron chi connectivity index (χ4n) is 3.55. The Kier molecular flexibility index (Phi) is 3.69. The predicted octanol–water partition coefficient (Wildman–Crippen LogP) is 2.80. The van der Waals surface area contributed by atoms with E-state index in [0.29, 0.717) is 23.3 Å². The van der Waals surface area contributed by atoms with E-state index in [1.807, 2.05) is 0 Å². The van der Waals surface area contributed by atoms with Gasteiger partial charge in [-0.15, -0.1) is 0 Å². The highest BCUT2D eigenvalue weighted by Gasteiger charge is 2.39. The van der Waals surface area contributed by atoms with Crippen molar-refractivity contribution in [1.82, 2.24) is 0 Å². The van der Waals surface area contributed by atoms with Gasteiger partial charge in [0.2, 0.25) is 10.0 Å². The summed E-state index contributed by atoms with van der Waals surface area (Å²) >= 11 is 6.05. The fraction of sp³-hybridized carbons (Fsp3) is 0.571. The summed E-state index contributed by atoms with van der Waals surface area (Å²) in [7, 11) is -3.72. The van der Waals surface area contributed by atoms with Crippen molar-refractivity contribution in [3.8, 4) is 5.75 Å². The molecule has 2 bridgehead atoms. The third-order valence-corrected chi connectivity index (χ3v) is 5.78. The molecule has 2 aliphatic rings. The van der Waals surface area contributed by atoms with Crippen LogP contribution in [0, 0.1) is 17.8 Å². The zero-order valence-corrected chi connectivity index (χ0v) is 12.7. The number of rotatable bonds is 4. The van der Waals surface area contributed by atoms with Gasteiger partial charge in [0.25, 0.3) is 0 Å². The van der Waals surface area contributed by atoms with Gasteiger partial charge in [-0.25, -0.2) is 13.6 Å². The smallest absolute Gasteiger partial charge is 0.238 e. The van der Waals surface area contributed by atoms with E-state index >= 15 is 0 Å². The Morgan fingerprint density at radius 2 is 2.10 bits per heavy atom. The van der Waals surface area contributed by atoms with Gasteiger partial charge in [0.05, 0.1) is 16.5 Å². The summed E-state index contributed by atoms with van der Waals surface area (Å²) in [5.41, 5.74) is 0. The molecule has 3 atom stereocenters. The van der Waals surface area contributed by atoms with Crippen molar-refractivity contribution in [2.75, 3.05) is 6.61 Å². The molecular weight excluding hydrogens is 298 g/mol. The van der Waals surface area contributed by atoms with Gasteiger partial charge in [0.1, 0.15) is 5.75 Å². The normalized spacial score (nSPS) is 28.8. The summed E-state index contributed by atoms with van der Waals surface area (Å²) in [6.45, 7) is 0.662. The molecule has 6 heteroatoms. The Bertz CT molecular complexity index is 617. The molecule has 2 saturated carbocycles. The zero-order valence-electron chi connectivity index (χ0n) is 11.1. The van der Waals surface area contributed by atoms with Crippen molar-refractivity contribution in [2.45, 2.75) is 30.6 Å². The number of halogens is 1. The van der Waals surface area contributed by atoms with E-state index in [1.165, 1.54) is 37.8 Å². The highest BCUT2D eigenvalue weighted by Crippen LogP contribution is 2.48. The summed E-state index contributed by atoms with van der Waals surface area (Å²) in [6.07, 6.45) is 5.27. The van der Waals surface area contributed by atoms with Gasteiger partial charge in [-0.2, -0.15) is 0 Å². The van der Waals surface area contributed by atoms with E-state index < -0.39 is 10.0 Å². The van der Waals surface area contributed by atoms with Crippen LogP contribution in [0.3, 0.4) is 0 Å². The van der Waals surface area contributed by atoms with E-state index in [4.69, 9.17) is 21.5 Å². The second kappa shape index (κ2) is 5.20. The first kappa shape index (κ1) is 14.2. The van der Waals surface area contributed by atoms with Gasteiger partial charge in [0.15, 0.2) is 0 Å². The molecule has 1 aromatic carbocycles. The van der Waals surface area contributed by atoms with E-state index in [-0.39, 0.29) is 4.90 Å². The number of primary sulfonamides is 1. The number of benzene rings is 1. The molecule has 2 aliphatic carbocycles. The highest BCUT2D eigenvalue weighted by atomic mass is 35.5. The molecule has 3 rings (SSSR count). The van der Waals surface area contributed by atoms with Crippen LogP contribution in [0.25, 0.3) is 0 Å². The lowest BCUT2D eigenvalue weighted by atomic mass is 9.89. The number of nitrogens with two attached hydrogens (primary N) is 1. The minimum atomic E-state index is -3.72. The van der Waals surface area contributed by atoms with Gasteiger partial charge in [-0.1, -0.05) is 18.0 Å². The Labute approximate surface area is 124 Å².